The summed E-state index contributed by atoms with van der Waals surface area (Å²) in [6, 6.07) is -0.167. The molecule has 4 nitrogen and oxygen atoms in total. The minimum Gasteiger partial charge on any atom is -0.377 e. The Hall–Kier alpha value is -0.610. The van der Waals surface area contributed by atoms with E-state index in [4.69, 9.17) is 10.5 Å². The van der Waals surface area contributed by atoms with Crippen LogP contribution >= 0.6 is 0 Å². The maximum absolute atomic E-state index is 11.8. The summed E-state index contributed by atoms with van der Waals surface area (Å²) in [6.45, 7) is 5.97. The number of nitrogens with two attached hydrogens (primary N) is 1. The van der Waals surface area contributed by atoms with Gasteiger partial charge in [0.25, 0.3) is 0 Å². The Labute approximate surface area is 85.4 Å². The third-order valence-electron chi connectivity index (χ3n) is 2.57. The molecule has 4 heteroatoms. The Balaban J connectivity index is 2.49. The molecule has 0 aromatic carbocycles. The molecule has 0 saturated carbocycles. The van der Waals surface area contributed by atoms with E-state index in [9.17, 15) is 4.79 Å². The summed E-state index contributed by atoms with van der Waals surface area (Å²) in [4.78, 5) is 13.7. The Kier molecular flexibility index (Phi) is 4.35. The van der Waals surface area contributed by atoms with Gasteiger partial charge in [-0.1, -0.05) is 13.3 Å². The summed E-state index contributed by atoms with van der Waals surface area (Å²) in [5.41, 5.74) is 5.79. The van der Waals surface area contributed by atoms with Crippen molar-refractivity contribution in [2.75, 3.05) is 19.8 Å². The molecule has 0 bridgehead atoms. The van der Waals surface area contributed by atoms with Gasteiger partial charge in [0.15, 0.2) is 0 Å². The monoisotopic (exact) mass is 200 g/mol. The molecule has 0 aromatic rings. The summed E-state index contributed by atoms with van der Waals surface area (Å²) in [5.74, 6) is 0.0719. The fraction of sp³-hybridized carbons (Fsp3) is 0.900. The second-order valence-electron chi connectivity index (χ2n) is 3.85. The zero-order chi connectivity index (χ0) is 10.6. The Bertz CT molecular complexity index is 197. The van der Waals surface area contributed by atoms with Crippen molar-refractivity contribution >= 4 is 5.91 Å². The topological polar surface area (TPSA) is 55.6 Å². The number of hydrogen-bond donors (Lipinski definition) is 1. The number of rotatable bonds is 3. The van der Waals surface area contributed by atoms with Gasteiger partial charge in [-0.3, -0.25) is 4.79 Å². The third-order valence-corrected chi connectivity index (χ3v) is 2.57. The van der Waals surface area contributed by atoms with Crippen LogP contribution in [0.4, 0.5) is 0 Å². The van der Waals surface area contributed by atoms with Crippen molar-refractivity contribution in [1.29, 1.82) is 0 Å². The lowest BCUT2D eigenvalue weighted by molar-refractivity contribution is -0.140. The quantitative estimate of drug-likeness (QED) is 0.715. The first-order valence-electron chi connectivity index (χ1n) is 5.30. The first-order chi connectivity index (χ1) is 6.66. The van der Waals surface area contributed by atoms with Crippen molar-refractivity contribution in [3.8, 4) is 0 Å². The van der Waals surface area contributed by atoms with Gasteiger partial charge in [-0.15, -0.1) is 0 Å². The largest absolute Gasteiger partial charge is 0.377 e. The predicted octanol–water partition coefficient (Wildman–Crippen LogP) is 0.361. The highest BCUT2D eigenvalue weighted by atomic mass is 16.5. The van der Waals surface area contributed by atoms with Gasteiger partial charge in [0.05, 0.1) is 25.3 Å². The summed E-state index contributed by atoms with van der Waals surface area (Å²) in [5, 5.41) is 0. The zero-order valence-electron chi connectivity index (χ0n) is 9.03. The summed E-state index contributed by atoms with van der Waals surface area (Å²) >= 11 is 0. The fourth-order valence-electron chi connectivity index (χ4n) is 1.70. The van der Waals surface area contributed by atoms with Crippen molar-refractivity contribution < 1.29 is 9.53 Å². The average molecular weight is 200 g/mol. The van der Waals surface area contributed by atoms with Crippen LogP contribution in [0.5, 0.6) is 0 Å². The number of hydrogen-bond acceptors (Lipinski definition) is 3. The van der Waals surface area contributed by atoms with Gasteiger partial charge in [-0.25, -0.2) is 0 Å². The maximum Gasteiger partial charge on any atom is 0.239 e. The maximum atomic E-state index is 11.8. The van der Waals surface area contributed by atoms with E-state index in [-0.39, 0.29) is 18.0 Å². The molecule has 0 aromatic heterocycles. The Morgan fingerprint density at radius 1 is 1.71 bits per heavy atom. The molecule has 0 spiro atoms. The minimum absolute atomic E-state index is 0.0719. The molecule has 2 atom stereocenters. The summed E-state index contributed by atoms with van der Waals surface area (Å²) in [7, 11) is 0. The predicted molar refractivity (Wildman–Crippen MR) is 54.9 cm³/mol. The molecule has 1 fully saturated rings. The minimum atomic E-state index is -0.333. The van der Waals surface area contributed by atoms with Crippen molar-refractivity contribution in [2.24, 2.45) is 5.73 Å². The van der Waals surface area contributed by atoms with E-state index in [2.05, 4.69) is 0 Å². The van der Waals surface area contributed by atoms with Crippen molar-refractivity contribution in [1.82, 2.24) is 4.90 Å². The number of carbonyl (C=O) groups is 1. The number of morpholine rings is 1. The molecule has 2 N–H and O–H groups in total. The smallest absolute Gasteiger partial charge is 0.239 e. The van der Waals surface area contributed by atoms with Crippen LogP contribution in [0.2, 0.25) is 0 Å². The number of ether oxygens (including phenoxy) is 1. The van der Waals surface area contributed by atoms with Crippen LogP contribution in [-0.4, -0.2) is 42.6 Å². The lowest BCUT2D eigenvalue weighted by Crippen LogP contribution is -2.52. The molecule has 1 rings (SSSR count). The molecule has 1 heterocycles. The van der Waals surface area contributed by atoms with E-state index in [0.717, 1.165) is 12.8 Å². The first-order valence-corrected chi connectivity index (χ1v) is 5.30. The summed E-state index contributed by atoms with van der Waals surface area (Å²) < 4.78 is 5.27. The lowest BCUT2D eigenvalue weighted by Gasteiger charge is -2.34. The lowest BCUT2D eigenvalue weighted by atomic mass is 10.1. The van der Waals surface area contributed by atoms with Crippen molar-refractivity contribution in [2.45, 2.75) is 38.8 Å². The highest BCUT2D eigenvalue weighted by Crippen LogP contribution is 2.09. The fourth-order valence-corrected chi connectivity index (χ4v) is 1.70. The average Bonchev–Trinajstić information content (AvgIpc) is 2.18. The third kappa shape index (κ3) is 2.69. The van der Waals surface area contributed by atoms with Gasteiger partial charge in [0.1, 0.15) is 0 Å². The molecular weight excluding hydrogens is 180 g/mol. The SMILES string of the molecule is CCC[C@H](N)C(=O)N1CCOCC1C. The highest BCUT2D eigenvalue weighted by molar-refractivity contribution is 5.82. The summed E-state index contributed by atoms with van der Waals surface area (Å²) in [6.07, 6.45) is 1.72. The van der Waals surface area contributed by atoms with Crippen LogP contribution < -0.4 is 5.73 Å². The van der Waals surface area contributed by atoms with Crippen LogP contribution in [0, 0.1) is 0 Å². The Morgan fingerprint density at radius 3 is 3.00 bits per heavy atom. The Morgan fingerprint density at radius 2 is 2.43 bits per heavy atom. The van der Waals surface area contributed by atoms with Gasteiger partial charge in [-0.2, -0.15) is 0 Å². The zero-order valence-corrected chi connectivity index (χ0v) is 9.03. The molecular formula is C10H20N2O2. The van der Waals surface area contributed by atoms with Gasteiger partial charge >= 0.3 is 0 Å². The van der Waals surface area contributed by atoms with Gasteiger partial charge in [0.2, 0.25) is 5.91 Å². The highest BCUT2D eigenvalue weighted by Gasteiger charge is 2.26. The normalized spacial score (nSPS) is 24.8. The number of carbonyl (C=O) groups excluding carboxylic acids is 1. The van der Waals surface area contributed by atoms with E-state index in [1.165, 1.54) is 0 Å². The van der Waals surface area contributed by atoms with Crippen molar-refractivity contribution in [3.63, 3.8) is 0 Å². The molecule has 1 unspecified atom stereocenters. The van der Waals surface area contributed by atoms with Crippen LogP contribution in [-0.2, 0) is 9.53 Å². The van der Waals surface area contributed by atoms with Crippen LogP contribution in [0.1, 0.15) is 26.7 Å². The van der Waals surface area contributed by atoms with Gasteiger partial charge in [0, 0.05) is 6.54 Å². The molecule has 1 saturated heterocycles. The second-order valence-corrected chi connectivity index (χ2v) is 3.85. The van der Waals surface area contributed by atoms with E-state index in [1.807, 2.05) is 18.7 Å². The molecule has 1 aliphatic rings. The number of amides is 1. The van der Waals surface area contributed by atoms with Crippen LogP contribution in [0.25, 0.3) is 0 Å². The molecule has 0 radical (unpaired) electrons. The molecule has 82 valence electrons. The van der Waals surface area contributed by atoms with E-state index in [0.29, 0.717) is 19.8 Å². The molecule has 14 heavy (non-hydrogen) atoms. The van der Waals surface area contributed by atoms with Crippen LogP contribution in [0.15, 0.2) is 0 Å². The number of nitrogens with zero attached hydrogens (tertiary/aromatic N) is 1. The van der Waals surface area contributed by atoms with Crippen LogP contribution in [0.3, 0.4) is 0 Å². The standard InChI is InChI=1S/C10H20N2O2/c1-3-4-9(11)10(13)12-5-6-14-7-8(12)2/h8-9H,3-7,11H2,1-2H3/t8?,9-/m0/s1. The molecule has 1 aliphatic heterocycles. The van der Waals surface area contributed by atoms with Gasteiger partial charge < -0.3 is 15.4 Å². The molecule has 0 aliphatic carbocycles. The molecule has 1 amide bonds. The second kappa shape index (κ2) is 5.32. The van der Waals surface area contributed by atoms with E-state index in [1.54, 1.807) is 0 Å². The van der Waals surface area contributed by atoms with Gasteiger partial charge in [-0.05, 0) is 13.3 Å². The first kappa shape index (κ1) is 11.5. The van der Waals surface area contributed by atoms with Crippen molar-refractivity contribution in [3.05, 3.63) is 0 Å². The van der Waals surface area contributed by atoms with E-state index < -0.39 is 0 Å². The van der Waals surface area contributed by atoms with E-state index >= 15 is 0 Å².